The van der Waals surface area contributed by atoms with Crippen molar-refractivity contribution < 1.29 is 9.47 Å². The molecule has 0 fully saturated rings. The molecule has 0 aliphatic heterocycles. The van der Waals surface area contributed by atoms with Crippen molar-refractivity contribution in [2.24, 2.45) is 5.10 Å². The average Bonchev–Trinajstić information content (AvgIpc) is 3.06. The Morgan fingerprint density at radius 3 is 2.73 bits per heavy atom. The van der Waals surface area contributed by atoms with Gasteiger partial charge in [0.15, 0.2) is 11.5 Å². The maximum atomic E-state index is 5.93. The Bertz CT molecular complexity index is 906. The first-order valence-electron chi connectivity index (χ1n) is 8.22. The highest BCUT2D eigenvalue weighted by Gasteiger charge is 2.06. The van der Waals surface area contributed by atoms with Crippen molar-refractivity contribution >= 4 is 22.7 Å². The Morgan fingerprint density at radius 1 is 1.15 bits per heavy atom. The molecular weight excluding hydrogens is 346 g/mol. The van der Waals surface area contributed by atoms with E-state index in [2.05, 4.69) is 34.6 Å². The van der Waals surface area contributed by atoms with E-state index in [4.69, 9.17) is 9.47 Å². The minimum absolute atomic E-state index is 0.501. The quantitative estimate of drug-likeness (QED) is 0.482. The van der Waals surface area contributed by atoms with Crippen LogP contribution in [-0.4, -0.2) is 18.3 Å². The van der Waals surface area contributed by atoms with Crippen LogP contribution in [0.2, 0.25) is 0 Å². The van der Waals surface area contributed by atoms with Crippen LogP contribution < -0.4 is 14.9 Å². The first-order valence-corrected chi connectivity index (χ1v) is 9.10. The predicted molar refractivity (Wildman–Crippen MR) is 107 cm³/mol. The molecule has 5 nitrogen and oxygen atoms in total. The number of rotatable bonds is 7. The van der Waals surface area contributed by atoms with E-state index in [0.29, 0.717) is 18.1 Å². The molecule has 1 heterocycles. The van der Waals surface area contributed by atoms with Crippen LogP contribution in [0.15, 0.2) is 52.9 Å². The summed E-state index contributed by atoms with van der Waals surface area (Å²) in [4.78, 5) is 4.30. The zero-order valence-corrected chi connectivity index (χ0v) is 15.8. The minimum atomic E-state index is 0.501. The van der Waals surface area contributed by atoms with E-state index in [1.165, 1.54) is 16.9 Å². The molecule has 0 saturated carbocycles. The average molecular weight is 367 g/mol. The Balaban J connectivity index is 1.66. The van der Waals surface area contributed by atoms with E-state index in [1.54, 1.807) is 13.3 Å². The van der Waals surface area contributed by atoms with E-state index in [9.17, 15) is 0 Å². The van der Waals surface area contributed by atoms with Gasteiger partial charge in [0.05, 0.1) is 19.0 Å². The maximum absolute atomic E-state index is 5.93. The van der Waals surface area contributed by atoms with Gasteiger partial charge in [0.25, 0.3) is 0 Å². The summed E-state index contributed by atoms with van der Waals surface area (Å²) in [6, 6.07) is 13.9. The Hall–Kier alpha value is -2.86. The van der Waals surface area contributed by atoms with Gasteiger partial charge in [0.1, 0.15) is 6.61 Å². The molecule has 0 amide bonds. The lowest BCUT2D eigenvalue weighted by atomic mass is 10.1. The first kappa shape index (κ1) is 17.9. The van der Waals surface area contributed by atoms with Crippen molar-refractivity contribution in [3.05, 3.63) is 70.2 Å². The number of aryl methyl sites for hydroxylation is 2. The second-order valence-corrected chi connectivity index (χ2v) is 6.65. The van der Waals surface area contributed by atoms with E-state index in [1.807, 2.05) is 42.6 Å². The summed E-state index contributed by atoms with van der Waals surface area (Å²) >= 11 is 1.52. The van der Waals surface area contributed by atoms with E-state index >= 15 is 0 Å². The van der Waals surface area contributed by atoms with Crippen LogP contribution in [0.1, 0.15) is 22.4 Å². The number of aromatic nitrogens is 1. The molecule has 0 saturated heterocycles. The van der Waals surface area contributed by atoms with Crippen LogP contribution >= 0.6 is 11.3 Å². The van der Waals surface area contributed by atoms with E-state index in [-0.39, 0.29) is 0 Å². The zero-order chi connectivity index (χ0) is 18.4. The molecule has 0 atom stereocenters. The molecular formula is C20H21N3O2S. The molecule has 6 heteroatoms. The molecule has 0 bridgehead atoms. The number of nitrogens with zero attached hydrogens (tertiary/aromatic N) is 2. The van der Waals surface area contributed by atoms with Gasteiger partial charge >= 0.3 is 0 Å². The summed E-state index contributed by atoms with van der Waals surface area (Å²) in [5, 5.41) is 6.95. The monoisotopic (exact) mass is 367 g/mol. The third-order valence-corrected chi connectivity index (χ3v) is 4.69. The molecule has 0 radical (unpaired) electrons. The van der Waals surface area contributed by atoms with Crippen molar-refractivity contribution in [2.75, 3.05) is 12.5 Å². The van der Waals surface area contributed by atoms with Crippen LogP contribution in [-0.2, 0) is 6.61 Å². The molecule has 0 aliphatic carbocycles. The van der Waals surface area contributed by atoms with Crippen LogP contribution in [0.4, 0.5) is 5.13 Å². The molecule has 3 aromatic rings. The SMILES string of the molecule is COc1cc(C=NNc2nc(C)cs2)ccc1OCc1ccccc1C. The highest BCUT2D eigenvalue weighted by molar-refractivity contribution is 7.13. The number of benzene rings is 2. The molecule has 0 spiro atoms. The lowest BCUT2D eigenvalue weighted by molar-refractivity contribution is 0.284. The van der Waals surface area contributed by atoms with Gasteiger partial charge < -0.3 is 9.47 Å². The molecule has 2 aromatic carbocycles. The fourth-order valence-corrected chi connectivity index (χ4v) is 3.02. The summed E-state index contributed by atoms with van der Waals surface area (Å²) in [6.45, 7) is 4.53. The van der Waals surface area contributed by atoms with Crippen LogP contribution in [0.5, 0.6) is 11.5 Å². The lowest BCUT2D eigenvalue weighted by Crippen LogP contribution is -2.00. The van der Waals surface area contributed by atoms with Crippen LogP contribution in [0, 0.1) is 13.8 Å². The second-order valence-electron chi connectivity index (χ2n) is 5.79. The van der Waals surface area contributed by atoms with Gasteiger partial charge in [-0.3, -0.25) is 5.43 Å². The summed E-state index contributed by atoms with van der Waals surface area (Å²) in [5.74, 6) is 1.38. The van der Waals surface area contributed by atoms with Crippen molar-refractivity contribution in [1.82, 2.24) is 4.98 Å². The summed E-state index contributed by atoms with van der Waals surface area (Å²) in [5.41, 5.74) is 7.17. The fourth-order valence-electron chi connectivity index (χ4n) is 2.38. The van der Waals surface area contributed by atoms with Crippen LogP contribution in [0.25, 0.3) is 0 Å². The van der Waals surface area contributed by atoms with Gasteiger partial charge in [-0.2, -0.15) is 5.10 Å². The number of methoxy groups -OCH3 is 1. The second kappa shape index (κ2) is 8.49. The first-order chi connectivity index (χ1) is 12.7. The third-order valence-electron chi connectivity index (χ3n) is 3.82. The zero-order valence-electron chi connectivity index (χ0n) is 15.0. The van der Waals surface area contributed by atoms with E-state index < -0.39 is 0 Å². The van der Waals surface area contributed by atoms with Crippen molar-refractivity contribution in [1.29, 1.82) is 0 Å². The smallest absolute Gasteiger partial charge is 0.203 e. The van der Waals surface area contributed by atoms with Gasteiger partial charge in [-0.15, -0.1) is 11.3 Å². The third kappa shape index (κ3) is 4.61. The topological polar surface area (TPSA) is 55.7 Å². The molecule has 1 N–H and O–H groups in total. The van der Waals surface area contributed by atoms with Gasteiger partial charge in [0, 0.05) is 5.38 Å². The molecule has 1 aromatic heterocycles. The maximum Gasteiger partial charge on any atom is 0.203 e. The molecule has 26 heavy (non-hydrogen) atoms. The fraction of sp³-hybridized carbons (Fsp3) is 0.200. The summed E-state index contributed by atoms with van der Waals surface area (Å²) in [7, 11) is 1.63. The van der Waals surface area contributed by atoms with E-state index in [0.717, 1.165) is 22.0 Å². The highest BCUT2D eigenvalue weighted by Crippen LogP contribution is 2.28. The number of hydrogen-bond donors (Lipinski definition) is 1. The van der Waals surface area contributed by atoms with Gasteiger partial charge in [0.2, 0.25) is 5.13 Å². The Morgan fingerprint density at radius 2 is 2.00 bits per heavy atom. The molecule has 134 valence electrons. The van der Waals surface area contributed by atoms with Crippen molar-refractivity contribution in [3.63, 3.8) is 0 Å². The number of anilines is 1. The largest absolute Gasteiger partial charge is 0.493 e. The van der Waals surface area contributed by atoms with Gasteiger partial charge in [-0.25, -0.2) is 4.98 Å². The Kier molecular flexibility index (Phi) is 5.86. The number of thiazole rings is 1. The van der Waals surface area contributed by atoms with Gasteiger partial charge in [-0.1, -0.05) is 24.3 Å². The van der Waals surface area contributed by atoms with Gasteiger partial charge in [-0.05, 0) is 48.7 Å². The predicted octanol–water partition coefficient (Wildman–Crippen LogP) is 4.79. The molecule has 0 aliphatic rings. The Labute approximate surface area is 157 Å². The number of hydrogen-bond acceptors (Lipinski definition) is 6. The lowest BCUT2D eigenvalue weighted by Gasteiger charge is -2.12. The standard InChI is InChI=1S/C20H21N3O2S/c1-14-6-4-5-7-17(14)12-25-18-9-8-16(10-19(18)24-3)11-21-23-20-22-15(2)13-26-20/h4-11,13H,12H2,1-3H3,(H,22,23). The molecule has 0 unspecified atom stereocenters. The van der Waals surface area contributed by atoms with Crippen molar-refractivity contribution in [2.45, 2.75) is 20.5 Å². The highest BCUT2D eigenvalue weighted by atomic mass is 32.1. The minimum Gasteiger partial charge on any atom is -0.493 e. The molecule has 3 rings (SSSR count). The normalized spacial score (nSPS) is 10.9. The van der Waals surface area contributed by atoms with Crippen LogP contribution in [0.3, 0.4) is 0 Å². The summed E-state index contributed by atoms with van der Waals surface area (Å²) < 4.78 is 11.4. The number of ether oxygens (including phenoxy) is 2. The van der Waals surface area contributed by atoms with Crippen molar-refractivity contribution in [3.8, 4) is 11.5 Å². The number of hydrazone groups is 1. The number of nitrogens with one attached hydrogen (secondary N) is 1. The summed E-state index contributed by atoms with van der Waals surface area (Å²) in [6.07, 6.45) is 1.73.